The number of nitrogens with one attached hydrogen (secondary N) is 1. The van der Waals surface area contributed by atoms with Crippen LogP contribution in [-0.4, -0.2) is 69.3 Å². The molecule has 2 aromatic rings. The molecule has 1 saturated heterocycles. The highest BCUT2D eigenvalue weighted by Crippen LogP contribution is 2.67. The molecule has 1 aliphatic rings. The van der Waals surface area contributed by atoms with Crippen molar-refractivity contribution in [1.29, 1.82) is 0 Å². The minimum atomic E-state index is -5.70. The Hall–Kier alpha value is -1.60. The van der Waals surface area contributed by atoms with E-state index in [1.807, 2.05) is 0 Å². The smallest absolute Gasteiger partial charge is 0.387 e. The van der Waals surface area contributed by atoms with Gasteiger partial charge in [-0.2, -0.15) is 13.6 Å². The number of fused-ring (bicyclic) bond motifs is 1. The third-order valence-electron chi connectivity index (χ3n) is 4.00. The highest BCUT2D eigenvalue weighted by atomic mass is 31.3. The maximum atomic E-state index is 12.3. The topological polar surface area (TPSA) is 314 Å². The van der Waals surface area contributed by atoms with Gasteiger partial charge in [-0.15, -0.1) is 0 Å². The Bertz CT molecular complexity index is 1230. The number of aromatic nitrogens is 4. The Balaban J connectivity index is 1.75. The Morgan fingerprint density at radius 3 is 2.45 bits per heavy atom. The van der Waals surface area contributed by atoms with Crippen LogP contribution in [-0.2, 0) is 36.2 Å². The van der Waals surface area contributed by atoms with Gasteiger partial charge in [0.05, 0.1) is 12.9 Å². The van der Waals surface area contributed by atoms with Crippen molar-refractivity contribution in [2.45, 2.75) is 24.5 Å². The lowest BCUT2D eigenvalue weighted by Crippen LogP contribution is -2.33. The molecule has 186 valence electrons. The van der Waals surface area contributed by atoms with Gasteiger partial charge in [-0.05, 0) is 0 Å². The van der Waals surface area contributed by atoms with Gasteiger partial charge in [0.2, 0.25) is 5.95 Å². The molecule has 0 aliphatic carbocycles. The molecule has 0 aromatic carbocycles. The molecule has 0 amide bonds. The van der Waals surface area contributed by atoms with Gasteiger partial charge in [-0.25, -0.2) is 29.2 Å². The summed E-state index contributed by atoms with van der Waals surface area (Å²) in [6, 6.07) is 0. The molecule has 6 atom stereocenters. The number of phosphoric acid groups is 3. The highest BCUT2D eigenvalue weighted by Gasteiger charge is 2.47. The molecule has 3 heterocycles. The molecule has 3 rings (SSSR count). The van der Waals surface area contributed by atoms with Crippen LogP contribution in [0, 0.1) is 0 Å². The largest absolute Gasteiger partial charge is 0.500 e. The second-order valence-corrected chi connectivity index (χ2v) is 10.9. The number of aliphatic hydroxyl groups is 2. The number of nitrogens with zero attached hydrogens (tertiary/aromatic N) is 3. The fourth-order valence-electron chi connectivity index (χ4n) is 2.74. The fraction of sp³-hybridized carbons (Fsp3) is 0.500. The van der Waals surface area contributed by atoms with Crippen LogP contribution in [0.1, 0.15) is 6.23 Å². The first-order valence-electron chi connectivity index (χ1n) is 8.33. The number of nitrogen functional groups attached to an aromatic ring is 1. The van der Waals surface area contributed by atoms with E-state index in [1.165, 1.54) is 0 Å². The van der Waals surface area contributed by atoms with Crippen molar-refractivity contribution in [3.8, 4) is 0 Å². The summed E-state index contributed by atoms with van der Waals surface area (Å²) in [7, 11) is -16.5. The minimum absolute atomic E-state index is 0.107. The Labute approximate surface area is 181 Å². The monoisotopic (exact) mass is 538 g/mol. The van der Waals surface area contributed by atoms with Gasteiger partial charge in [-0.3, -0.25) is 18.9 Å². The van der Waals surface area contributed by atoms with Crippen LogP contribution in [0.25, 0.3) is 11.2 Å². The number of imidazole rings is 1. The van der Waals surface area contributed by atoms with Gasteiger partial charge in [0, 0.05) is 0 Å². The number of ether oxygens (including phenoxy) is 1. The van der Waals surface area contributed by atoms with E-state index >= 15 is 0 Å². The average molecular weight is 538 g/mol. The van der Waals surface area contributed by atoms with Crippen LogP contribution in [0.15, 0.2) is 11.1 Å². The number of H-pyrrole nitrogens is 1. The van der Waals surface area contributed by atoms with Gasteiger partial charge < -0.3 is 35.4 Å². The predicted octanol–water partition coefficient (Wildman–Crippen LogP) is -2.44. The lowest BCUT2D eigenvalue weighted by molar-refractivity contribution is -0.0513. The molecule has 23 heteroatoms. The van der Waals surface area contributed by atoms with Crippen molar-refractivity contribution in [2.75, 3.05) is 12.3 Å². The number of nitrogens with two attached hydrogens (primary N) is 2. The Morgan fingerprint density at radius 2 is 1.85 bits per heavy atom. The maximum absolute atomic E-state index is 12.3. The third kappa shape index (κ3) is 5.91. The van der Waals surface area contributed by atoms with Crippen molar-refractivity contribution < 1.29 is 61.1 Å². The van der Waals surface area contributed by atoms with Crippen LogP contribution in [0.4, 0.5) is 5.95 Å². The lowest BCUT2D eigenvalue weighted by Gasteiger charge is -2.20. The summed E-state index contributed by atoms with van der Waals surface area (Å²) in [5.41, 5.74) is 4.53. The molecule has 0 saturated carbocycles. The summed E-state index contributed by atoms with van der Waals surface area (Å²) in [6.45, 7) is -0.956. The van der Waals surface area contributed by atoms with Gasteiger partial charge in [0.15, 0.2) is 17.4 Å². The maximum Gasteiger partial charge on any atom is 0.500 e. The molecule has 4 unspecified atom stereocenters. The molecular formula is C10H17N6O14P3. The second kappa shape index (κ2) is 9.21. The number of aromatic amines is 1. The van der Waals surface area contributed by atoms with E-state index in [1.54, 1.807) is 0 Å². The van der Waals surface area contributed by atoms with E-state index in [4.69, 9.17) is 26.2 Å². The third-order valence-corrected chi connectivity index (χ3v) is 8.03. The van der Waals surface area contributed by atoms with Crippen LogP contribution < -0.4 is 17.2 Å². The number of hydrogen-bond donors (Lipinski definition) is 8. The molecular weight excluding hydrogens is 521 g/mol. The van der Waals surface area contributed by atoms with Crippen LogP contribution >= 0.6 is 23.5 Å². The standard InChI is InChI=1S/C10H17N6O14P3/c11-10-14-7-4(8(19)15-10)13-2-16(7)9-6(18)5(17)3(27-9)1-26-33(25,28-12)30-32(23,24)29-31(20,21)22/h2-3,5-6,9,17-18H,1,12H2,(H,23,24)(H2,20,21,22)(H3,11,14,15,19)/t3-,5?,6?,9-,33?/m1/s1. The first-order chi connectivity index (χ1) is 15.1. The molecule has 10 N–H and O–H groups in total. The quantitative estimate of drug-likeness (QED) is 0.121. The Morgan fingerprint density at radius 1 is 1.18 bits per heavy atom. The second-order valence-electron chi connectivity index (χ2n) is 6.29. The van der Waals surface area contributed by atoms with E-state index in [-0.39, 0.29) is 17.1 Å². The zero-order valence-corrected chi connectivity index (χ0v) is 18.5. The van der Waals surface area contributed by atoms with E-state index in [0.717, 1.165) is 10.9 Å². The first-order valence-corrected chi connectivity index (χ1v) is 12.8. The highest BCUT2D eigenvalue weighted by molar-refractivity contribution is 7.66. The summed E-state index contributed by atoms with van der Waals surface area (Å²) in [4.78, 5) is 48.2. The molecule has 2 aromatic heterocycles. The van der Waals surface area contributed by atoms with Crippen LogP contribution in [0.3, 0.4) is 0 Å². The van der Waals surface area contributed by atoms with Gasteiger partial charge in [-0.1, -0.05) is 0 Å². The molecule has 1 fully saturated rings. The molecule has 0 bridgehead atoms. The molecule has 33 heavy (non-hydrogen) atoms. The number of anilines is 1. The first kappa shape index (κ1) is 26.0. The van der Waals surface area contributed by atoms with Crippen molar-refractivity contribution >= 4 is 40.6 Å². The van der Waals surface area contributed by atoms with Crippen LogP contribution in [0.2, 0.25) is 0 Å². The summed E-state index contributed by atoms with van der Waals surface area (Å²) < 4.78 is 56.9. The van der Waals surface area contributed by atoms with E-state index in [0.29, 0.717) is 0 Å². The molecule has 20 nitrogen and oxygen atoms in total. The minimum Gasteiger partial charge on any atom is -0.387 e. The van der Waals surface area contributed by atoms with Crippen molar-refractivity contribution in [3.05, 3.63) is 16.7 Å². The fourth-order valence-corrected chi connectivity index (χ4v) is 5.95. The summed E-state index contributed by atoms with van der Waals surface area (Å²) in [5, 5.41) is 20.6. The lowest BCUT2D eigenvalue weighted by atomic mass is 10.1. The van der Waals surface area contributed by atoms with Gasteiger partial charge >= 0.3 is 23.5 Å². The summed E-state index contributed by atoms with van der Waals surface area (Å²) >= 11 is 0. The van der Waals surface area contributed by atoms with Crippen LogP contribution in [0.5, 0.6) is 0 Å². The van der Waals surface area contributed by atoms with E-state index < -0.39 is 60.2 Å². The SMILES string of the molecule is NOP(=O)(OC[C@H]1O[C@@H](n2cnc3c(=O)[nH]c(N)nc32)C(O)C1O)OP(=O)(O)OP(=O)(O)O. The zero-order valence-electron chi connectivity index (χ0n) is 15.8. The van der Waals surface area contributed by atoms with E-state index in [9.17, 15) is 33.6 Å². The summed E-state index contributed by atoms with van der Waals surface area (Å²) in [5.74, 6) is 4.44. The van der Waals surface area contributed by atoms with Crippen molar-refractivity contribution in [2.24, 2.45) is 5.90 Å². The number of hydrogen-bond acceptors (Lipinski definition) is 15. The van der Waals surface area contributed by atoms with E-state index in [2.05, 4.69) is 32.7 Å². The van der Waals surface area contributed by atoms with Crippen molar-refractivity contribution in [1.82, 2.24) is 19.5 Å². The predicted molar refractivity (Wildman–Crippen MR) is 101 cm³/mol. The van der Waals surface area contributed by atoms with Gasteiger partial charge in [0.25, 0.3) is 5.56 Å². The average Bonchev–Trinajstić information content (AvgIpc) is 3.20. The summed E-state index contributed by atoms with van der Waals surface area (Å²) in [6.07, 6.45) is -5.26. The van der Waals surface area contributed by atoms with Crippen molar-refractivity contribution in [3.63, 3.8) is 0 Å². The molecule has 0 spiro atoms. The number of rotatable bonds is 9. The normalized spacial score (nSPS) is 27.5. The molecule has 1 aliphatic heterocycles. The van der Waals surface area contributed by atoms with Gasteiger partial charge in [0.1, 0.15) is 18.3 Å². The Kier molecular flexibility index (Phi) is 7.26. The molecule has 0 radical (unpaired) electrons. The zero-order chi connectivity index (χ0) is 24.8. The number of aliphatic hydroxyl groups excluding tert-OH is 2.